The Morgan fingerprint density at radius 3 is 2.46 bits per heavy atom. The van der Waals surface area contributed by atoms with Crippen LogP contribution in [-0.2, 0) is 4.79 Å². The van der Waals surface area contributed by atoms with Crippen LogP contribution in [0.5, 0.6) is 11.5 Å². The molecular weight excluding hydrogens is 466 g/mol. The van der Waals surface area contributed by atoms with E-state index in [2.05, 4.69) is 15.3 Å². The standard InChI is InChI=1S/C28H27N7O2/c1-2-18(16-29)28(36)33-20-10-12-21(13-11-20)35-27-24(26(30)31-17-32-27)25(34-35)19-8-14-23(15-9-19)37-22-6-4-3-5-7-22/h2-9,14-15,17,20-21H,10-13H2,1H3,(H,33,36)(H2,30,31,32)/b18-2+. The second kappa shape index (κ2) is 10.5. The Labute approximate surface area is 214 Å². The number of aromatic nitrogens is 4. The van der Waals surface area contributed by atoms with Crippen molar-refractivity contribution in [3.05, 3.63) is 72.6 Å². The number of para-hydroxylation sites is 1. The molecule has 9 heteroatoms. The van der Waals surface area contributed by atoms with Gasteiger partial charge in [0.15, 0.2) is 5.65 Å². The highest BCUT2D eigenvalue weighted by molar-refractivity contribution is 5.98. The lowest BCUT2D eigenvalue weighted by molar-refractivity contribution is -0.118. The maximum Gasteiger partial charge on any atom is 0.261 e. The highest BCUT2D eigenvalue weighted by Crippen LogP contribution is 2.36. The summed E-state index contributed by atoms with van der Waals surface area (Å²) in [6.07, 6.45) is 6.17. The van der Waals surface area contributed by atoms with E-state index in [1.54, 1.807) is 6.92 Å². The van der Waals surface area contributed by atoms with Gasteiger partial charge in [0.1, 0.15) is 41.0 Å². The summed E-state index contributed by atoms with van der Waals surface area (Å²) >= 11 is 0. The van der Waals surface area contributed by atoms with Crippen molar-refractivity contribution in [3.63, 3.8) is 0 Å². The van der Waals surface area contributed by atoms with Gasteiger partial charge in [0.2, 0.25) is 0 Å². The van der Waals surface area contributed by atoms with Crippen LogP contribution in [0.15, 0.2) is 72.6 Å². The number of allylic oxidation sites excluding steroid dienone is 1. The number of nitrogens with one attached hydrogen (secondary N) is 1. The number of anilines is 1. The largest absolute Gasteiger partial charge is 0.457 e. The first kappa shape index (κ1) is 24.0. The summed E-state index contributed by atoms with van der Waals surface area (Å²) in [5, 5.41) is 17.7. The predicted octanol–water partition coefficient (Wildman–Crippen LogP) is 4.94. The molecule has 0 spiro atoms. The molecule has 37 heavy (non-hydrogen) atoms. The molecule has 0 saturated heterocycles. The number of amides is 1. The smallest absolute Gasteiger partial charge is 0.261 e. The van der Waals surface area contributed by atoms with Gasteiger partial charge in [0, 0.05) is 11.6 Å². The molecule has 4 aromatic rings. The molecule has 9 nitrogen and oxygen atoms in total. The molecule has 1 aliphatic rings. The van der Waals surface area contributed by atoms with E-state index in [-0.39, 0.29) is 23.6 Å². The summed E-state index contributed by atoms with van der Waals surface area (Å²) in [7, 11) is 0. The normalized spacial score (nSPS) is 17.8. The molecule has 186 valence electrons. The maximum atomic E-state index is 12.3. The summed E-state index contributed by atoms with van der Waals surface area (Å²) in [4.78, 5) is 21.0. The Kier molecular flexibility index (Phi) is 6.81. The molecule has 0 aliphatic heterocycles. The first-order valence-electron chi connectivity index (χ1n) is 12.3. The van der Waals surface area contributed by atoms with Gasteiger partial charge >= 0.3 is 0 Å². The number of benzene rings is 2. The van der Waals surface area contributed by atoms with Gasteiger partial charge in [0.05, 0.1) is 11.4 Å². The third kappa shape index (κ3) is 5.00. The number of nitrogens with zero attached hydrogens (tertiary/aromatic N) is 5. The van der Waals surface area contributed by atoms with Gasteiger partial charge in [-0.15, -0.1) is 0 Å². The molecule has 2 aromatic heterocycles. The Bertz CT molecular complexity index is 1480. The summed E-state index contributed by atoms with van der Waals surface area (Å²) in [6.45, 7) is 1.69. The number of ether oxygens (including phenoxy) is 1. The predicted molar refractivity (Wildman–Crippen MR) is 140 cm³/mol. The molecule has 5 rings (SSSR count). The molecular formula is C28H27N7O2. The van der Waals surface area contributed by atoms with Crippen LogP contribution in [-0.4, -0.2) is 31.7 Å². The van der Waals surface area contributed by atoms with E-state index >= 15 is 0 Å². The van der Waals surface area contributed by atoms with Crippen LogP contribution in [0.2, 0.25) is 0 Å². The summed E-state index contributed by atoms with van der Waals surface area (Å²) in [6, 6.07) is 19.4. The van der Waals surface area contributed by atoms with E-state index in [1.165, 1.54) is 12.4 Å². The van der Waals surface area contributed by atoms with Gasteiger partial charge in [-0.25, -0.2) is 14.6 Å². The lowest BCUT2D eigenvalue weighted by Gasteiger charge is -2.29. The minimum Gasteiger partial charge on any atom is -0.457 e. The Balaban J connectivity index is 1.37. The lowest BCUT2D eigenvalue weighted by atomic mass is 9.91. The quantitative estimate of drug-likeness (QED) is 0.287. The van der Waals surface area contributed by atoms with E-state index in [0.29, 0.717) is 11.5 Å². The lowest BCUT2D eigenvalue weighted by Crippen LogP contribution is -2.38. The zero-order chi connectivity index (χ0) is 25.8. The highest BCUT2D eigenvalue weighted by Gasteiger charge is 2.28. The number of carbonyl (C=O) groups excluding carboxylic acids is 1. The molecule has 3 N–H and O–H groups in total. The molecule has 1 fully saturated rings. The third-order valence-electron chi connectivity index (χ3n) is 6.66. The second-order valence-electron chi connectivity index (χ2n) is 8.98. The minimum atomic E-state index is -0.319. The second-order valence-corrected chi connectivity index (χ2v) is 8.98. The van der Waals surface area contributed by atoms with Crippen LogP contribution in [0.3, 0.4) is 0 Å². The van der Waals surface area contributed by atoms with Crippen LogP contribution in [0.1, 0.15) is 38.6 Å². The molecule has 0 unspecified atom stereocenters. The highest BCUT2D eigenvalue weighted by atomic mass is 16.5. The molecule has 0 bridgehead atoms. The number of fused-ring (bicyclic) bond motifs is 1. The maximum absolute atomic E-state index is 12.3. The molecule has 2 heterocycles. The fourth-order valence-electron chi connectivity index (χ4n) is 4.73. The zero-order valence-corrected chi connectivity index (χ0v) is 20.5. The van der Waals surface area contributed by atoms with Crippen molar-refractivity contribution in [2.45, 2.75) is 44.7 Å². The van der Waals surface area contributed by atoms with Crippen molar-refractivity contribution in [3.8, 4) is 28.8 Å². The molecule has 0 radical (unpaired) electrons. The number of carbonyl (C=O) groups is 1. The van der Waals surface area contributed by atoms with Crippen LogP contribution >= 0.6 is 0 Å². The van der Waals surface area contributed by atoms with E-state index < -0.39 is 0 Å². The summed E-state index contributed by atoms with van der Waals surface area (Å²) in [5.74, 6) is 1.55. The van der Waals surface area contributed by atoms with Gasteiger partial charge in [-0.05, 0) is 69.0 Å². The van der Waals surface area contributed by atoms with E-state index in [0.717, 1.165) is 53.8 Å². The van der Waals surface area contributed by atoms with E-state index in [9.17, 15) is 4.79 Å². The minimum absolute atomic E-state index is 0.0187. The van der Waals surface area contributed by atoms with Gasteiger partial charge in [-0.2, -0.15) is 10.4 Å². The SMILES string of the molecule is C/C=C(\C#N)C(=O)NC1CCC(n2nc(-c3ccc(Oc4ccccc4)cc3)c3c(N)ncnc32)CC1. The third-order valence-corrected chi connectivity index (χ3v) is 6.66. The van der Waals surface area contributed by atoms with Crippen molar-refractivity contribution < 1.29 is 9.53 Å². The molecule has 2 aromatic carbocycles. The van der Waals surface area contributed by atoms with E-state index in [4.69, 9.17) is 20.8 Å². The number of rotatable bonds is 6. The summed E-state index contributed by atoms with van der Waals surface area (Å²) in [5.41, 5.74) is 8.74. The average Bonchev–Trinajstić information content (AvgIpc) is 3.32. The fraction of sp³-hybridized carbons (Fsp3) is 0.250. The first-order valence-corrected chi connectivity index (χ1v) is 12.3. The Hall–Kier alpha value is -4.71. The van der Waals surface area contributed by atoms with Crippen LogP contribution in [0.25, 0.3) is 22.3 Å². The van der Waals surface area contributed by atoms with Crippen LogP contribution in [0.4, 0.5) is 5.82 Å². The molecule has 1 saturated carbocycles. The van der Waals surface area contributed by atoms with Crippen molar-refractivity contribution in [1.82, 2.24) is 25.1 Å². The first-order chi connectivity index (χ1) is 18.1. The zero-order valence-electron chi connectivity index (χ0n) is 20.5. The van der Waals surface area contributed by atoms with E-state index in [1.807, 2.05) is 65.3 Å². The van der Waals surface area contributed by atoms with Crippen molar-refractivity contribution in [2.75, 3.05) is 5.73 Å². The Morgan fingerprint density at radius 2 is 1.78 bits per heavy atom. The monoisotopic (exact) mass is 493 g/mol. The van der Waals surface area contributed by atoms with Crippen molar-refractivity contribution >= 4 is 22.8 Å². The number of nitrogen functional groups attached to an aromatic ring is 1. The van der Waals surface area contributed by atoms with Crippen molar-refractivity contribution in [2.24, 2.45) is 0 Å². The average molecular weight is 494 g/mol. The van der Waals surface area contributed by atoms with Crippen molar-refractivity contribution in [1.29, 1.82) is 5.26 Å². The fourth-order valence-corrected chi connectivity index (χ4v) is 4.73. The topological polar surface area (TPSA) is 132 Å². The van der Waals surface area contributed by atoms with Crippen LogP contribution < -0.4 is 15.8 Å². The van der Waals surface area contributed by atoms with Gasteiger partial charge in [-0.3, -0.25) is 4.79 Å². The number of nitrogens with two attached hydrogens (primary N) is 1. The van der Waals surface area contributed by atoms with Gasteiger partial charge in [0.25, 0.3) is 5.91 Å². The van der Waals surface area contributed by atoms with Crippen LogP contribution in [0, 0.1) is 11.3 Å². The number of hydrogen-bond donors (Lipinski definition) is 2. The molecule has 0 atom stereocenters. The molecule has 1 aliphatic carbocycles. The summed E-state index contributed by atoms with van der Waals surface area (Å²) < 4.78 is 7.87. The Morgan fingerprint density at radius 1 is 1.08 bits per heavy atom. The van der Waals surface area contributed by atoms with Gasteiger partial charge < -0.3 is 15.8 Å². The van der Waals surface area contributed by atoms with Gasteiger partial charge in [-0.1, -0.05) is 24.3 Å². The number of hydrogen-bond acceptors (Lipinski definition) is 7. The molecule has 1 amide bonds. The number of nitriles is 1.